The molecule has 1 N–H and O–H groups in total. The van der Waals surface area contributed by atoms with E-state index in [1.165, 1.54) is 18.2 Å². The second-order valence-electron chi connectivity index (χ2n) is 4.73. The Bertz CT molecular complexity index is 632. The lowest BCUT2D eigenvalue weighted by Gasteiger charge is -2.21. The van der Waals surface area contributed by atoms with E-state index in [2.05, 4.69) is 44.1 Å². The summed E-state index contributed by atoms with van der Waals surface area (Å²) >= 11 is 6.61. The summed E-state index contributed by atoms with van der Waals surface area (Å²) in [5, 5.41) is 3.41. The van der Waals surface area contributed by atoms with E-state index in [0.29, 0.717) is 8.95 Å². The Morgan fingerprint density at radius 2 is 1.81 bits per heavy atom. The van der Waals surface area contributed by atoms with Gasteiger partial charge in [0.1, 0.15) is 11.6 Å². The predicted octanol–water partition coefficient (Wildman–Crippen LogP) is 5.58. The Balaban J connectivity index is 2.44. The standard InChI is InChI=1S/C16H15Br2F2N/c1-2-7-21-16(10-3-6-15(20)14(18)8-10)12-5-4-11(19)9-13(12)17/h3-6,8-9,16,21H,2,7H2,1H3. The molecule has 1 nitrogen and oxygen atoms in total. The van der Waals surface area contributed by atoms with Crippen molar-refractivity contribution in [1.29, 1.82) is 0 Å². The van der Waals surface area contributed by atoms with Crippen LogP contribution in [-0.2, 0) is 0 Å². The van der Waals surface area contributed by atoms with E-state index >= 15 is 0 Å². The molecule has 0 radical (unpaired) electrons. The van der Waals surface area contributed by atoms with Crippen molar-refractivity contribution < 1.29 is 8.78 Å². The van der Waals surface area contributed by atoms with Gasteiger partial charge in [-0.2, -0.15) is 0 Å². The van der Waals surface area contributed by atoms with Gasteiger partial charge < -0.3 is 5.32 Å². The Morgan fingerprint density at radius 1 is 1.05 bits per heavy atom. The highest BCUT2D eigenvalue weighted by Crippen LogP contribution is 2.31. The molecule has 112 valence electrons. The normalized spacial score (nSPS) is 12.4. The fraction of sp³-hybridized carbons (Fsp3) is 0.250. The molecule has 2 rings (SSSR count). The zero-order valence-electron chi connectivity index (χ0n) is 11.5. The van der Waals surface area contributed by atoms with E-state index in [1.54, 1.807) is 18.2 Å². The van der Waals surface area contributed by atoms with Gasteiger partial charge in [0.05, 0.1) is 10.5 Å². The van der Waals surface area contributed by atoms with Gasteiger partial charge in [-0.05, 0) is 64.3 Å². The smallest absolute Gasteiger partial charge is 0.137 e. The number of nitrogens with one attached hydrogen (secondary N) is 1. The highest BCUT2D eigenvalue weighted by atomic mass is 79.9. The first-order chi connectivity index (χ1) is 10.0. The van der Waals surface area contributed by atoms with Crippen molar-refractivity contribution in [3.05, 3.63) is 68.1 Å². The van der Waals surface area contributed by atoms with Gasteiger partial charge >= 0.3 is 0 Å². The first-order valence-electron chi connectivity index (χ1n) is 6.66. The summed E-state index contributed by atoms with van der Waals surface area (Å²) in [4.78, 5) is 0. The van der Waals surface area contributed by atoms with Crippen molar-refractivity contribution in [2.24, 2.45) is 0 Å². The van der Waals surface area contributed by atoms with Crippen molar-refractivity contribution >= 4 is 31.9 Å². The zero-order chi connectivity index (χ0) is 15.4. The molecule has 0 aromatic heterocycles. The summed E-state index contributed by atoms with van der Waals surface area (Å²) in [6.45, 7) is 2.88. The predicted molar refractivity (Wildman–Crippen MR) is 88.3 cm³/mol. The number of hydrogen-bond donors (Lipinski definition) is 1. The molecule has 0 saturated heterocycles. The Morgan fingerprint density at radius 3 is 2.43 bits per heavy atom. The summed E-state index contributed by atoms with van der Waals surface area (Å²) in [5.74, 6) is -0.591. The highest BCUT2D eigenvalue weighted by molar-refractivity contribution is 9.10. The molecule has 0 aliphatic rings. The van der Waals surface area contributed by atoms with E-state index in [1.807, 2.05) is 0 Å². The molecule has 0 spiro atoms. The van der Waals surface area contributed by atoms with Crippen LogP contribution in [0.3, 0.4) is 0 Å². The number of halogens is 4. The molecule has 0 aliphatic carbocycles. The van der Waals surface area contributed by atoms with Crippen molar-refractivity contribution in [2.45, 2.75) is 19.4 Å². The van der Waals surface area contributed by atoms with Gasteiger partial charge in [0.25, 0.3) is 0 Å². The lowest BCUT2D eigenvalue weighted by molar-refractivity contribution is 0.585. The van der Waals surface area contributed by atoms with E-state index in [4.69, 9.17) is 0 Å². The van der Waals surface area contributed by atoms with Crippen LogP contribution in [0.15, 0.2) is 45.3 Å². The van der Waals surface area contributed by atoms with Gasteiger partial charge in [0.15, 0.2) is 0 Å². The van der Waals surface area contributed by atoms with Gasteiger partial charge in [-0.3, -0.25) is 0 Å². The van der Waals surface area contributed by atoms with Gasteiger partial charge in [-0.1, -0.05) is 35.0 Å². The third kappa shape index (κ3) is 4.11. The van der Waals surface area contributed by atoms with E-state index in [0.717, 1.165) is 24.1 Å². The zero-order valence-corrected chi connectivity index (χ0v) is 14.6. The van der Waals surface area contributed by atoms with Crippen molar-refractivity contribution in [1.82, 2.24) is 5.32 Å². The molecule has 2 aromatic carbocycles. The van der Waals surface area contributed by atoms with Crippen LogP contribution in [0.2, 0.25) is 0 Å². The lowest BCUT2D eigenvalue weighted by atomic mass is 9.98. The summed E-state index contributed by atoms with van der Waals surface area (Å²) in [6.07, 6.45) is 0.970. The fourth-order valence-electron chi connectivity index (χ4n) is 2.12. The summed E-state index contributed by atoms with van der Waals surface area (Å²) < 4.78 is 27.8. The van der Waals surface area contributed by atoms with Crippen LogP contribution in [0.4, 0.5) is 8.78 Å². The van der Waals surface area contributed by atoms with Gasteiger partial charge in [0, 0.05) is 4.47 Å². The maximum absolute atomic E-state index is 13.4. The van der Waals surface area contributed by atoms with Crippen molar-refractivity contribution in [3.8, 4) is 0 Å². The quantitative estimate of drug-likeness (QED) is 0.668. The Kier molecular flexibility index (Phi) is 5.90. The van der Waals surface area contributed by atoms with Gasteiger partial charge in [-0.15, -0.1) is 0 Å². The molecule has 0 fully saturated rings. The third-order valence-electron chi connectivity index (χ3n) is 3.15. The molecule has 1 unspecified atom stereocenters. The average molecular weight is 419 g/mol. The summed E-state index contributed by atoms with van der Waals surface area (Å²) in [5.41, 5.74) is 1.84. The molecule has 5 heteroatoms. The Hall–Kier alpha value is -0.780. The number of benzene rings is 2. The highest BCUT2D eigenvalue weighted by Gasteiger charge is 2.17. The second-order valence-corrected chi connectivity index (χ2v) is 6.44. The molecule has 2 aromatic rings. The molecular formula is C16H15Br2F2N. The largest absolute Gasteiger partial charge is 0.306 e. The fourth-order valence-corrected chi connectivity index (χ4v) is 3.10. The number of rotatable bonds is 5. The minimum Gasteiger partial charge on any atom is -0.306 e. The average Bonchev–Trinajstić information content (AvgIpc) is 2.44. The van der Waals surface area contributed by atoms with Crippen LogP contribution in [0.1, 0.15) is 30.5 Å². The SMILES string of the molecule is CCCNC(c1ccc(F)c(Br)c1)c1ccc(F)cc1Br. The minimum absolute atomic E-state index is 0.128. The minimum atomic E-state index is -0.300. The lowest BCUT2D eigenvalue weighted by Crippen LogP contribution is -2.23. The monoisotopic (exact) mass is 417 g/mol. The first kappa shape index (κ1) is 16.6. The molecular weight excluding hydrogens is 404 g/mol. The van der Waals surface area contributed by atoms with Crippen molar-refractivity contribution in [3.63, 3.8) is 0 Å². The van der Waals surface area contributed by atoms with Crippen LogP contribution < -0.4 is 5.32 Å². The Labute approximate surface area is 140 Å². The van der Waals surface area contributed by atoms with Gasteiger partial charge in [0.2, 0.25) is 0 Å². The van der Waals surface area contributed by atoms with Crippen LogP contribution >= 0.6 is 31.9 Å². The van der Waals surface area contributed by atoms with Crippen LogP contribution in [-0.4, -0.2) is 6.54 Å². The van der Waals surface area contributed by atoms with Crippen LogP contribution in [0, 0.1) is 11.6 Å². The molecule has 21 heavy (non-hydrogen) atoms. The molecule has 0 aliphatic heterocycles. The number of hydrogen-bond acceptors (Lipinski definition) is 1. The molecule has 0 amide bonds. The van der Waals surface area contributed by atoms with E-state index in [-0.39, 0.29) is 17.7 Å². The topological polar surface area (TPSA) is 12.0 Å². The maximum atomic E-state index is 13.4. The molecule has 1 atom stereocenters. The third-order valence-corrected chi connectivity index (χ3v) is 4.44. The van der Waals surface area contributed by atoms with E-state index < -0.39 is 0 Å². The molecule has 0 heterocycles. The summed E-state index contributed by atoms with van der Waals surface area (Å²) in [7, 11) is 0. The van der Waals surface area contributed by atoms with Crippen molar-refractivity contribution in [2.75, 3.05) is 6.54 Å². The van der Waals surface area contributed by atoms with Gasteiger partial charge in [-0.25, -0.2) is 8.78 Å². The molecule has 0 saturated carbocycles. The van der Waals surface area contributed by atoms with Crippen LogP contribution in [0.25, 0.3) is 0 Å². The molecule has 0 bridgehead atoms. The summed E-state index contributed by atoms with van der Waals surface area (Å²) in [6, 6.07) is 9.40. The van der Waals surface area contributed by atoms with E-state index in [9.17, 15) is 8.78 Å². The first-order valence-corrected chi connectivity index (χ1v) is 8.24. The van der Waals surface area contributed by atoms with Crippen LogP contribution in [0.5, 0.6) is 0 Å². The second kappa shape index (κ2) is 7.47. The maximum Gasteiger partial charge on any atom is 0.137 e.